The molecule has 1 rings (SSSR count). The molecule has 1 atom stereocenters. The van der Waals surface area contributed by atoms with Crippen LogP contribution in [0.15, 0.2) is 24.3 Å². The zero-order valence-electron chi connectivity index (χ0n) is 8.23. The highest BCUT2D eigenvalue weighted by Gasteiger charge is 2.17. The van der Waals surface area contributed by atoms with Gasteiger partial charge in [0, 0.05) is 18.2 Å². The van der Waals surface area contributed by atoms with Gasteiger partial charge >= 0.3 is 5.97 Å². The number of para-hydroxylation sites is 1. The van der Waals surface area contributed by atoms with E-state index in [-0.39, 0.29) is 5.91 Å². The van der Waals surface area contributed by atoms with Gasteiger partial charge in [0.15, 0.2) is 0 Å². The first kappa shape index (κ1) is 11.2. The number of amides is 1. The van der Waals surface area contributed by atoms with Crippen LogP contribution in [0.3, 0.4) is 0 Å². The van der Waals surface area contributed by atoms with E-state index in [1.807, 2.05) is 0 Å². The summed E-state index contributed by atoms with van der Waals surface area (Å²) in [6, 6.07) is 5.42. The molecule has 5 heteroatoms. The van der Waals surface area contributed by atoms with Crippen molar-refractivity contribution in [2.24, 2.45) is 5.73 Å². The van der Waals surface area contributed by atoms with Crippen LogP contribution in [0.4, 0.5) is 5.69 Å². The summed E-state index contributed by atoms with van der Waals surface area (Å²) in [6.07, 6.45) is 0. The maximum Gasteiger partial charge on any atom is 0.325 e. The second kappa shape index (κ2) is 4.56. The summed E-state index contributed by atoms with van der Waals surface area (Å²) < 4.78 is 0. The molecule has 0 heterocycles. The van der Waals surface area contributed by atoms with Gasteiger partial charge in [-0.2, -0.15) is 0 Å². The number of carbonyl (C=O) groups excluding carboxylic acids is 1. The number of carboxylic acid groups (broad SMARTS) is 1. The first-order valence-corrected chi connectivity index (χ1v) is 4.37. The molecule has 4 N–H and O–H groups in total. The van der Waals surface area contributed by atoms with Gasteiger partial charge in [-0.3, -0.25) is 9.59 Å². The quantitative estimate of drug-likeness (QED) is 0.682. The van der Waals surface area contributed by atoms with Gasteiger partial charge in [0.05, 0.1) is 0 Å². The maximum atomic E-state index is 10.9. The van der Waals surface area contributed by atoms with Gasteiger partial charge in [-0.25, -0.2) is 0 Å². The molecular formula is C10H12N2O3. The predicted octanol–water partition coefficient (Wildman–Crippen LogP) is 0.729. The second-order valence-electron chi connectivity index (χ2n) is 3.08. The van der Waals surface area contributed by atoms with E-state index < -0.39 is 12.0 Å². The summed E-state index contributed by atoms with van der Waals surface area (Å²) in [6.45, 7) is 1.35. The van der Waals surface area contributed by atoms with Gasteiger partial charge in [0.2, 0.25) is 5.91 Å². The van der Waals surface area contributed by atoms with Crippen LogP contribution in [0.5, 0.6) is 0 Å². The van der Waals surface area contributed by atoms with E-state index in [0.717, 1.165) is 0 Å². The fourth-order valence-electron chi connectivity index (χ4n) is 1.20. The van der Waals surface area contributed by atoms with E-state index in [0.29, 0.717) is 11.3 Å². The lowest BCUT2D eigenvalue weighted by molar-refractivity contribution is -0.138. The van der Waals surface area contributed by atoms with Gasteiger partial charge in [-0.1, -0.05) is 18.2 Å². The van der Waals surface area contributed by atoms with E-state index in [2.05, 4.69) is 5.32 Å². The fourth-order valence-corrected chi connectivity index (χ4v) is 1.20. The van der Waals surface area contributed by atoms with Gasteiger partial charge in [0.25, 0.3) is 0 Å². The van der Waals surface area contributed by atoms with E-state index in [4.69, 9.17) is 10.8 Å². The van der Waals surface area contributed by atoms with Crippen molar-refractivity contribution in [1.29, 1.82) is 0 Å². The Hall–Kier alpha value is -1.88. The zero-order chi connectivity index (χ0) is 11.4. The van der Waals surface area contributed by atoms with E-state index in [1.54, 1.807) is 24.3 Å². The molecule has 0 saturated heterocycles. The number of nitrogens with one attached hydrogen (secondary N) is 1. The molecule has 0 bridgehead atoms. The third-order valence-electron chi connectivity index (χ3n) is 1.87. The van der Waals surface area contributed by atoms with Crippen LogP contribution in [0.2, 0.25) is 0 Å². The van der Waals surface area contributed by atoms with E-state index in [1.165, 1.54) is 6.92 Å². The Morgan fingerprint density at radius 2 is 2.00 bits per heavy atom. The van der Waals surface area contributed by atoms with Crippen LogP contribution in [0.25, 0.3) is 0 Å². The van der Waals surface area contributed by atoms with Gasteiger partial charge in [-0.15, -0.1) is 0 Å². The third-order valence-corrected chi connectivity index (χ3v) is 1.87. The van der Waals surface area contributed by atoms with Crippen molar-refractivity contribution in [1.82, 2.24) is 0 Å². The fraction of sp³-hybridized carbons (Fsp3) is 0.200. The minimum atomic E-state index is -1.13. The molecule has 0 aliphatic carbocycles. The topological polar surface area (TPSA) is 92.4 Å². The molecule has 80 valence electrons. The third kappa shape index (κ3) is 2.78. The number of anilines is 1. The highest BCUT2D eigenvalue weighted by Crippen LogP contribution is 2.21. The van der Waals surface area contributed by atoms with E-state index in [9.17, 15) is 9.59 Å². The Kier molecular flexibility index (Phi) is 3.41. The normalized spacial score (nSPS) is 11.9. The van der Waals surface area contributed by atoms with Crippen LogP contribution in [0.1, 0.15) is 18.5 Å². The molecule has 0 radical (unpaired) electrons. The molecule has 0 aromatic heterocycles. The highest BCUT2D eigenvalue weighted by atomic mass is 16.4. The first-order chi connectivity index (χ1) is 7.02. The van der Waals surface area contributed by atoms with Crippen molar-refractivity contribution >= 4 is 17.6 Å². The number of carbonyl (C=O) groups is 2. The number of rotatable bonds is 3. The number of carboxylic acids is 1. The Balaban J connectivity index is 3.05. The standard InChI is InChI=1S/C10H12N2O3/c1-6(13)12-8-5-3-2-4-7(8)9(11)10(14)15/h2-5,9H,11H2,1H3,(H,12,13)(H,14,15). The van der Waals surface area contributed by atoms with Crippen molar-refractivity contribution in [3.63, 3.8) is 0 Å². The minimum absolute atomic E-state index is 0.264. The average Bonchev–Trinajstić information content (AvgIpc) is 2.16. The SMILES string of the molecule is CC(=O)Nc1ccccc1C(N)C(=O)O. The molecule has 1 aromatic carbocycles. The molecule has 15 heavy (non-hydrogen) atoms. The molecular weight excluding hydrogens is 196 g/mol. The molecule has 1 unspecified atom stereocenters. The van der Waals surface area contributed by atoms with Crippen LogP contribution in [-0.2, 0) is 9.59 Å². The number of aliphatic carboxylic acids is 1. The summed E-state index contributed by atoms with van der Waals surface area (Å²) in [5.74, 6) is -1.40. The lowest BCUT2D eigenvalue weighted by Gasteiger charge is -2.12. The number of hydrogen-bond donors (Lipinski definition) is 3. The number of hydrogen-bond acceptors (Lipinski definition) is 3. The molecule has 0 fully saturated rings. The van der Waals surface area contributed by atoms with Gasteiger partial charge in [-0.05, 0) is 6.07 Å². The second-order valence-corrected chi connectivity index (χ2v) is 3.08. The average molecular weight is 208 g/mol. The Labute approximate surface area is 86.9 Å². The summed E-state index contributed by atoms with van der Waals surface area (Å²) in [4.78, 5) is 21.6. The van der Waals surface area contributed by atoms with Crippen LogP contribution < -0.4 is 11.1 Å². The Morgan fingerprint density at radius 3 is 2.53 bits per heavy atom. The number of nitrogens with two attached hydrogens (primary N) is 1. The van der Waals surface area contributed by atoms with Crippen molar-refractivity contribution in [3.05, 3.63) is 29.8 Å². The molecule has 0 saturated carbocycles. The maximum absolute atomic E-state index is 10.9. The summed E-state index contributed by atoms with van der Waals surface area (Å²) >= 11 is 0. The molecule has 1 amide bonds. The highest BCUT2D eigenvalue weighted by molar-refractivity contribution is 5.91. The molecule has 5 nitrogen and oxygen atoms in total. The first-order valence-electron chi connectivity index (χ1n) is 4.37. The van der Waals surface area contributed by atoms with Crippen molar-refractivity contribution in [2.45, 2.75) is 13.0 Å². The van der Waals surface area contributed by atoms with Crippen molar-refractivity contribution in [3.8, 4) is 0 Å². The monoisotopic (exact) mass is 208 g/mol. The Morgan fingerprint density at radius 1 is 1.40 bits per heavy atom. The van der Waals surface area contributed by atoms with E-state index >= 15 is 0 Å². The Bertz CT molecular complexity index is 390. The summed E-state index contributed by atoms with van der Waals surface area (Å²) in [7, 11) is 0. The predicted molar refractivity (Wildman–Crippen MR) is 55.3 cm³/mol. The lowest BCUT2D eigenvalue weighted by atomic mass is 10.1. The van der Waals surface area contributed by atoms with Crippen molar-refractivity contribution < 1.29 is 14.7 Å². The van der Waals surface area contributed by atoms with Crippen LogP contribution in [-0.4, -0.2) is 17.0 Å². The zero-order valence-corrected chi connectivity index (χ0v) is 8.23. The minimum Gasteiger partial charge on any atom is -0.480 e. The van der Waals surface area contributed by atoms with Gasteiger partial charge in [0.1, 0.15) is 6.04 Å². The van der Waals surface area contributed by atoms with Crippen LogP contribution in [0, 0.1) is 0 Å². The lowest BCUT2D eigenvalue weighted by Crippen LogP contribution is -2.22. The van der Waals surface area contributed by atoms with Gasteiger partial charge < -0.3 is 16.2 Å². The number of benzene rings is 1. The van der Waals surface area contributed by atoms with Crippen molar-refractivity contribution in [2.75, 3.05) is 5.32 Å². The largest absolute Gasteiger partial charge is 0.480 e. The summed E-state index contributed by atoms with van der Waals surface area (Å²) in [5.41, 5.74) is 6.28. The molecule has 1 aromatic rings. The smallest absolute Gasteiger partial charge is 0.325 e. The molecule has 0 aliphatic rings. The molecule has 0 spiro atoms. The molecule has 0 aliphatic heterocycles. The van der Waals surface area contributed by atoms with Crippen LogP contribution >= 0.6 is 0 Å². The summed E-state index contributed by atoms with van der Waals surface area (Å²) in [5, 5.41) is 11.3.